The fourth-order valence-electron chi connectivity index (χ4n) is 3.11. The second-order valence-corrected chi connectivity index (χ2v) is 6.93. The first-order valence-electron chi connectivity index (χ1n) is 10.3. The van der Waals surface area contributed by atoms with Crippen LogP contribution in [0.3, 0.4) is 0 Å². The van der Waals surface area contributed by atoms with E-state index in [0.717, 1.165) is 24.2 Å². The van der Waals surface area contributed by atoms with E-state index in [1.165, 1.54) is 16.3 Å². The predicted octanol–water partition coefficient (Wildman–Crippen LogP) is 3.45. The maximum atomic E-state index is 12.1. The summed E-state index contributed by atoms with van der Waals surface area (Å²) in [6.07, 6.45) is 2.01. The van der Waals surface area contributed by atoms with E-state index in [2.05, 4.69) is 22.5 Å². The van der Waals surface area contributed by atoms with E-state index in [9.17, 15) is 9.59 Å². The Morgan fingerprint density at radius 3 is 2.53 bits per heavy atom. The Morgan fingerprint density at radius 1 is 1.03 bits per heavy atom. The molecular formula is C24H27N3O3. The highest BCUT2D eigenvalue weighted by molar-refractivity contribution is 5.75. The quantitative estimate of drug-likeness (QED) is 0.525. The molecule has 30 heavy (non-hydrogen) atoms. The highest BCUT2D eigenvalue weighted by atomic mass is 16.5. The standard InChI is InChI=1S/C24H27N3O3/c1-2-30-21-12-10-20(11-13-21)22-14-15-24(29)27(26-22)18-16-23(28)25-17-6-9-19-7-4-3-5-8-19/h3-5,7-8,10-15H,2,6,9,16-18H2,1H3,(H,25,28). The summed E-state index contributed by atoms with van der Waals surface area (Å²) >= 11 is 0. The molecule has 6 heteroatoms. The Hall–Kier alpha value is -3.41. The molecule has 0 saturated carbocycles. The third kappa shape index (κ3) is 6.30. The summed E-state index contributed by atoms with van der Waals surface area (Å²) in [5.74, 6) is 0.710. The lowest BCUT2D eigenvalue weighted by atomic mass is 10.1. The highest BCUT2D eigenvalue weighted by Crippen LogP contribution is 2.19. The van der Waals surface area contributed by atoms with Gasteiger partial charge in [0.1, 0.15) is 5.75 Å². The summed E-state index contributed by atoms with van der Waals surface area (Å²) in [6, 6.07) is 20.9. The van der Waals surface area contributed by atoms with Crippen molar-refractivity contribution in [2.75, 3.05) is 13.2 Å². The molecule has 3 aromatic rings. The van der Waals surface area contributed by atoms with Crippen molar-refractivity contribution >= 4 is 5.91 Å². The lowest BCUT2D eigenvalue weighted by Crippen LogP contribution is -2.29. The van der Waals surface area contributed by atoms with E-state index < -0.39 is 0 Å². The van der Waals surface area contributed by atoms with Gasteiger partial charge in [0.05, 0.1) is 18.8 Å². The van der Waals surface area contributed by atoms with Gasteiger partial charge in [-0.3, -0.25) is 9.59 Å². The molecule has 156 valence electrons. The minimum atomic E-state index is -0.221. The number of amides is 1. The topological polar surface area (TPSA) is 73.2 Å². The summed E-state index contributed by atoms with van der Waals surface area (Å²) in [5.41, 5.74) is 2.61. The van der Waals surface area contributed by atoms with Crippen LogP contribution < -0.4 is 15.6 Å². The van der Waals surface area contributed by atoms with Gasteiger partial charge in [-0.05, 0) is 55.7 Å². The average Bonchev–Trinajstić information content (AvgIpc) is 2.78. The fraction of sp³-hybridized carbons (Fsp3) is 0.292. The molecule has 0 aliphatic heterocycles. The Balaban J connectivity index is 1.50. The molecule has 1 heterocycles. The molecule has 1 amide bonds. The number of nitrogens with one attached hydrogen (secondary N) is 1. The molecule has 0 atom stereocenters. The summed E-state index contributed by atoms with van der Waals surface area (Å²) in [7, 11) is 0. The second kappa shape index (κ2) is 11.0. The lowest BCUT2D eigenvalue weighted by Gasteiger charge is -2.09. The molecule has 2 aromatic carbocycles. The maximum Gasteiger partial charge on any atom is 0.266 e. The van der Waals surface area contributed by atoms with Gasteiger partial charge in [-0.2, -0.15) is 5.10 Å². The van der Waals surface area contributed by atoms with Gasteiger partial charge in [-0.25, -0.2) is 4.68 Å². The van der Waals surface area contributed by atoms with E-state index in [1.807, 2.05) is 49.4 Å². The number of benzene rings is 2. The molecule has 0 unspecified atom stereocenters. The van der Waals surface area contributed by atoms with Crippen LogP contribution in [0.15, 0.2) is 71.5 Å². The van der Waals surface area contributed by atoms with Gasteiger partial charge in [-0.1, -0.05) is 30.3 Å². The number of carbonyl (C=O) groups is 1. The molecule has 0 aliphatic carbocycles. The van der Waals surface area contributed by atoms with Crippen LogP contribution in [0.1, 0.15) is 25.3 Å². The lowest BCUT2D eigenvalue weighted by molar-refractivity contribution is -0.121. The van der Waals surface area contributed by atoms with Gasteiger partial charge in [0, 0.05) is 24.6 Å². The summed E-state index contributed by atoms with van der Waals surface area (Å²) in [5, 5.41) is 7.32. The first-order chi connectivity index (χ1) is 14.7. The Bertz CT molecular complexity index is 998. The fourth-order valence-corrected chi connectivity index (χ4v) is 3.11. The highest BCUT2D eigenvalue weighted by Gasteiger charge is 2.07. The first-order valence-corrected chi connectivity index (χ1v) is 10.3. The summed E-state index contributed by atoms with van der Waals surface area (Å²) < 4.78 is 6.79. The van der Waals surface area contributed by atoms with Crippen LogP contribution in [0.25, 0.3) is 11.3 Å². The van der Waals surface area contributed by atoms with E-state index in [-0.39, 0.29) is 24.4 Å². The van der Waals surface area contributed by atoms with Crippen molar-refractivity contribution in [2.45, 2.75) is 32.7 Å². The predicted molar refractivity (Wildman–Crippen MR) is 117 cm³/mol. The van der Waals surface area contributed by atoms with Crippen molar-refractivity contribution in [2.24, 2.45) is 0 Å². The van der Waals surface area contributed by atoms with E-state index in [1.54, 1.807) is 6.07 Å². The first kappa shape index (κ1) is 21.3. The number of hydrogen-bond acceptors (Lipinski definition) is 4. The molecule has 0 fully saturated rings. The maximum absolute atomic E-state index is 12.1. The van der Waals surface area contributed by atoms with Crippen LogP contribution in [-0.2, 0) is 17.8 Å². The molecular weight excluding hydrogens is 378 g/mol. The smallest absolute Gasteiger partial charge is 0.266 e. The SMILES string of the molecule is CCOc1ccc(-c2ccc(=O)n(CCC(=O)NCCCc3ccccc3)n2)cc1. The van der Waals surface area contributed by atoms with Crippen molar-refractivity contribution in [3.63, 3.8) is 0 Å². The van der Waals surface area contributed by atoms with Crippen molar-refractivity contribution in [3.8, 4) is 17.0 Å². The van der Waals surface area contributed by atoms with Gasteiger partial charge in [-0.15, -0.1) is 0 Å². The van der Waals surface area contributed by atoms with Crippen LogP contribution in [0.2, 0.25) is 0 Å². The van der Waals surface area contributed by atoms with Gasteiger partial charge < -0.3 is 10.1 Å². The Morgan fingerprint density at radius 2 is 1.80 bits per heavy atom. The monoisotopic (exact) mass is 405 g/mol. The van der Waals surface area contributed by atoms with Crippen molar-refractivity contribution < 1.29 is 9.53 Å². The minimum Gasteiger partial charge on any atom is -0.494 e. The number of hydrogen-bond donors (Lipinski definition) is 1. The van der Waals surface area contributed by atoms with Crippen LogP contribution in [0, 0.1) is 0 Å². The Kier molecular flexibility index (Phi) is 7.78. The number of carbonyl (C=O) groups excluding carboxylic acids is 1. The summed E-state index contributed by atoms with van der Waals surface area (Å²) in [6.45, 7) is 3.40. The zero-order valence-corrected chi connectivity index (χ0v) is 17.2. The number of aromatic nitrogens is 2. The second-order valence-electron chi connectivity index (χ2n) is 6.93. The van der Waals surface area contributed by atoms with Crippen molar-refractivity contribution in [1.82, 2.24) is 15.1 Å². The third-order valence-corrected chi connectivity index (χ3v) is 4.69. The molecule has 0 bridgehead atoms. The van der Waals surface area contributed by atoms with Gasteiger partial charge in [0.25, 0.3) is 5.56 Å². The molecule has 6 nitrogen and oxygen atoms in total. The molecule has 0 radical (unpaired) electrons. The average molecular weight is 405 g/mol. The zero-order chi connectivity index (χ0) is 21.2. The van der Waals surface area contributed by atoms with Crippen LogP contribution in [0.5, 0.6) is 5.75 Å². The third-order valence-electron chi connectivity index (χ3n) is 4.69. The number of nitrogens with zero attached hydrogens (tertiary/aromatic N) is 2. The van der Waals surface area contributed by atoms with E-state index in [4.69, 9.17) is 4.74 Å². The van der Waals surface area contributed by atoms with Crippen LogP contribution >= 0.6 is 0 Å². The van der Waals surface area contributed by atoms with Gasteiger partial charge in [0.15, 0.2) is 0 Å². The van der Waals surface area contributed by atoms with Crippen molar-refractivity contribution in [3.05, 3.63) is 82.6 Å². The normalized spacial score (nSPS) is 10.6. The number of aryl methyl sites for hydroxylation is 2. The largest absolute Gasteiger partial charge is 0.494 e. The van der Waals surface area contributed by atoms with Crippen LogP contribution in [-0.4, -0.2) is 28.8 Å². The number of rotatable bonds is 10. The molecule has 0 saturated heterocycles. The Labute approximate surface area is 176 Å². The minimum absolute atomic E-state index is 0.0803. The van der Waals surface area contributed by atoms with Crippen LogP contribution in [0.4, 0.5) is 0 Å². The molecule has 1 N–H and O–H groups in total. The van der Waals surface area contributed by atoms with E-state index >= 15 is 0 Å². The molecule has 0 spiro atoms. The van der Waals surface area contributed by atoms with Gasteiger partial charge in [0.2, 0.25) is 5.91 Å². The van der Waals surface area contributed by atoms with Gasteiger partial charge >= 0.3 is 0 Å². The number of ether oxygens (including phenoxy) is 1. The van der Waals surface area contributed by atoms with Crippen molar-refractivity contribution in [1.29, 1.82) is 0 Å². The van der Waals surface area contributed by atoms with E-state index in [0.29, 0.717) is 18.8 Å². The summed E-state index contributed by atoms with van der Waals surface area (Å²) in [4.78, 5) is 24.2. The zero-order valence-electron chi connectivity index (χ0n) is 17.2. The molecule has 0 aliphatic rings. The molecule has 1 aromatic heterocycles. The molecule has 3 rings (SSSR count).